The summed E-state index contributed by atoms with van der Waals surface area (Å²) in [4.78, 5) is 39.4. The second kappa shape index (κ2) is 7.56. The van der Waals surface area contributed by atoms with Crippen LogP contribution < -0.4 is 0 Å². The molecule has 2 saturated heterocycles. The molecule has 2 aliphatic heterocycles. The summed E-state index contributed by atoms with van der Waals surface area (Å²) in [6, 6.07) is 0. The van der Waals surface area contributed by atoms with Crippen molar-refractivity contribution >= 4 is 17.9 Å². The highest BCUT2D eigenvalue weighted by Gasteiger charge is 2.54. The van der Waals surface area contributed by atoms with Crippen LogP contribution in [-0.2, 0) is 14.3 Å². The van der Waals surface area contributed by atoms with Gasteiger partial charge in [0.2, 0.25) is 11.8 Å². The lowest BCUT2D eigenvalue weighted by Crippen LogP contribution is -2.65. The molecule has 1 aliphatic carbocycles. The summed E-state index contributed by atoms with van der Waals surface area (Å²) in [6.45, 7) is 2.31. The van der Waals surface area contributed by atoms with Gasteiger partial charge in [0.15, 0.2) is 6.10 Å². The third-order valence-corrected chi connectivity index (χ3v) is 6.09. The zero-order valence-corrected chi connectivity index (χ0v) is 15.5. The third-order valence-electron chi connectivity index (χ3n) is 6.09. The molecule has 0 radical (unpaired) electrons. The number of imide groups is 1. The first kappa shape index (κ1) is 20.9. The smallest absolute Gasteiger partial charge is 0.410 e. The van der Waals surface area contributed by atoms with Crippen molar-refractivity contribution in [1.29, 1.82) is 0 Å². The predicted molar refractivity (Wildman–Crippen MR) is 90.6 cm³/mol. The minimum absolute atomic E-state index is 0.110. The average molecular weight is 402 g/mol. The Hall–Kier alpha value is -1.79. The Labute approximate surface area is 161 Å². The van der Waals surface area contributed by atoms with Crippen molar-refractivity contribution in [1.82, 2.24) is 9.80 Å². The fourth-order valence-corrected chi connectivity index (χ4v) is 4.22. The van der Waals surface area contributed by atoms with Gasteiger partial charge in [-0.15, -0.1) is 0 Å². The molecular formula is C17H26N2O9. The number of nitrogens with zero attached hydrogens (tertiary/aromatic N) is 2. The first-order chi connectivity index (χ1) is 13.1. The Morgan fingerprint density at radius 2 is 1.50 bits per heavy atom. The lowest BCUT2D eigenvalue weighted by Gasteiger charge is -2.42. The molecule has 2 heterocycles. The number of hydrogen-bond acceptors (Lipinski definition) is 9. The largest absolute Gasteiger partial charge is 0.440 e. The number of carbonyl (C=O) groups is 3. The maximum absolute atomic E-state index is 12.5. The number of ether oxygens (including phenoxy) is 1. The van der Waals surface area contributed by atoms with Crippen molar-refractivity contribution in [2.45, 2.75) is 62.8 Å². The molecule has 0 aromatic heterocycles. The van der Waals surface area contributed by atoms with Gasteiger partial charge in [0, 0.05) is 26.1 Å². The number of likely N-dealkylation sites (tertiary alicyclic amines) is 2. The van der Waals surface area contributed by atoms with E-state index < -0.39 is 48.1 Å². The predicted octanol–water partition coefficient (Wildman–Crippen LogP) is -2.83. The normalized spacial score (nSPS) is 38.2. The van der Waals surface area contributed by atoms with E-state index in [-0.39, 0.29) is 44.2 Å². The van der Waals surface area contributed by atoms with Gasteiger partial charge < -0.3 is 35.2 Å². The summed E-state index contributed by atoms with van der Waals surface area (Å²) in [6.07, 6.45) is -10.8. The molecule has 0 bridgehead atoms. The van der Waals surface area contributed by atoms with Crippen molar-refractivity contribution in [3.05, 3.63) is 0 Å². The molecule has 3 amide bonds. The van der Waals surface area contributed by atoms with Crippen molar-refractivity contribution in [2.75, 3.05) is 19.6 Å². The molecule has 3 rings (SSSR count). The van der Waals surface area contributed by atoms with E-state index >= 15 is 0 Å². The van der Waals surface area contributed by atoms with Crippen LogP contribution in [0.15, 0.2) is 0 Å². The van der Waals surface area contributed by atoms with Crippen LogP contribution in [0.2, 0.25) is 0 Å². The van der Waals surface area contributed by atoms with E-state index in [0.29, 0.717) is 6.54 Å². The first-order valence-corrected chi connectivity index (χ1v) is 9.33. The Bertz CT molecular complexity index is 633. The topological polar surface area (TPSA) is 168 Å². The van der Waals surface area contributed by atoms with E-state index in [9.17, 15) is 39.9 Å². The quantitative estimate of drug-likeness (QED) is 0.306. The summed E-state index contributed by atoms with van der Waals surface area (Å²) in [7, 11) is 0. The molecule has 0 aromatic carbocycles. The molecular weight excluding hydrogens is 376 g/mol. The van der Waals surface area contributed by atoms with Gasteiger partial charge in [-0.3, -0.25) is 14.5 Å². The summed E-state index contributed by atoms with van der Waals surface area (Å²) >= 11 is 0. The Morgan fingerprint density at radius 3 is 1.96 bits per heavy atom. The molecule has 158 valence electrons. The maximum Gasteiger partial charge on any atom is 0.410 e. The highest BCUT2D eigenvalue weighted by molar-refractivity contribution is 6.06. The van der Waals surface area contributed by atoms with Gasteiger partial charge in [0.1, 0.15) is 30.5 Å². The van der Waals surface area contributed by atoms with Gasteiger partial charge >= 0.3 is 6.09 Å². The second-order valence-electron chi connectivity index (χ2n) is 7.69. The van der Waals surface area contributed by atoms with Crippen molar-refractivity contribution in [2.24, 2.45) is 5.41 Å². The molecule has 6 atom stereocenters. The molecule has 5 N–H and O–H groups in total. The third kappa shape index (κ3) is 3.26. The minimum atomic E-state index is -1.79. The molecule has 1 saturated carbocycles. The van der Waals surface area contributed by atoms with Gasteiger partial charge in [0.05, 0.1) is 5.41 Å². The Kier molecular flexibility index (Phi) is 5.65. The van der Waals surface area contributed by atoms with E-state index in [4.69, 9.17) is 4.74 Å². The van der Waals surface area contributed by atoms with Crippen molar-refractivity contribution in [3.8, 4) is 0 Å². The number of carbonyl (C=O) groups excluding carboxylic acids is 3. The van der Waals surface area contributed by atoms with Crippen LogP contribution in [0.3, 0.4) is 0 Å². The van der Waals surface area contributed by atoms with Crippen LogP contribution in [0.25, 0.3) is 0 Å². The number of aliphatic hydroxyl groups is 5. The highest BCUT2D eigenvalue weighted by Crippen LogP contribution is 2.42. The van der Waals surface area contributed by atoms with E-state index in [2.05, 4.69) is 0 Å². The summed E-state index contributed by atoms with van der Waals surface area (Å²) in [5.41, 5.74) is -0.815. The molecule has 28 heavy (non-hydrogen) atoms. The Morgan fingerprint density at radius 1 is 1.00 bits per heavy atom. The van der Waals surface area contributed by atoms with Crippen LogP contribution in [-0.4, -0.2) is 109 Å². The number of rotatable bonds is 2. The van der Waals surface area contributed by atoms with Gasteiger partial charge in [-0.1, -0.05) is 0 Å². The second-order valence-corrected chi connectivity index (χ2v) is 7.69. The minimum Gasteiger partial charge on any atom is -0.440 e. The van der Waals surface area contributed by atoms with Gasteiger partial charge in [0.25, 0.3) is 0 Å². The van der Waals surface area contributed by atoms with Crippen LogP contribution >= 0.6 is 0 Å². The zero-order valence-electron chi connectivity index (χ0n) is 15.5. The zero-order chi connectivity index (χ0) is 20.8. The van der Waals surface area contributed by atoms with Crippen molar-refractivity contribution < 1.29 is 44.7 Å². The fraction of sp³-hybridized carbons (Fsp3) is 0.824. The van der Waals surface area contributed by atoms with E-state index in [0.717, 1.165) is 0 Å². The molecule has 0 aromatic rings. The van der Waals surface area contributed by atoms with Crippen LogP contribution in [0.1, 0.15) is 26.2 Å². The van der Waals surface area contributed by atoms with Gasteiger partial charge in [-0.2, -0.15) is 0 Å². The fourth-order valence-electron chi connectivity index (χ4n) is 4.22. The summed E-state index contributed by atoms with van der Waals surface area (Å²) in [5.74, 6) is -0.454. The molecule has 11 heteroatoms. The van der Waals surface area contributed by atoms with Crippen LogP contribution in [0, 0.1) is 5.41 Å². The molecule has 3 aliphatic rings. The summed E-state index contributed by atoms with van der Waals surface area (Å²) < 4.78 is 5.08. The standard InChI is InChI=1S/C17H26N2O9/c1-2-19-8(20)7-17(15(19)26)3-5-18(6-4-17)16(27)28-14-12(24)10(22)9(21)11(23)13(14)25/h9-14,21-25H,2-7H2,1H3/t9?,10-,11?,12+,13+,14?/m1/s1. The lowest BCUT2D eigenvalue weighted by molar-refractivity contribution is -0.224. The average Bonchev–Trinajstić information content (AvgIpc) is 2.91. The maximum atomic E-state index is 12.5. The van der Waals surface area contributed by atoms with Gasteiger partial charge in [-0.25, -0.2) is 4.79 Å². The van der Waals surface area contributed by atoms with E-state index in [1.807, 2.05) is 0 Å². The number of hydrogen-bond donors (Lipinski definition) is 5. The van der Waals surface area contributed by atoms with Crippen LogP contribution in [0.4, 0.5) is 4.79 Å². The lowest BCUT2D eigenvalue weighted by atomic mass is 9.77. The molecule has 3 fully saturated rings. The molecule has 11 nitrogen and oxygen atoms in total. The highest BCUT2D eigenvalue weighted by atomic mass is 16.6. The number of piperidine rings is 1. The molecule has 1 spiro atoms. The Balaban J connectivity index is 1.62. The van der Waals surface area contributed by atoms with Gasteiger partial charge in [-0.05, 0) is 19.8 Å². The summed E-state index contributed by atoms with van der Waals surface area (Å²) in [5, 5.41) is 48.9. The number of aliphatic hydroxyl groups excluding tert-OH is 5. The first-order valence-electron chi connectivity index (χ1n) is 9.33. The monoisotopic (exact) mass is 402 g/mol. The SMILES string of the molecule is CCN1C(=O)CC2(CCN(C(=O)OC3[C@@H](O)C(O)C(O)[C@@H](O)[C@@H]3O)CC2)C1=O. The van der Waals surface area contributed by atoms with E-state index in [1.54, 1.807) is 6.92 Å². The van der Waals surface area contributed by atoms with Crippen molar-refractivity contribution in [3.63, 3.8) is 0 Å². The number of amides is 3. The van der Waals surface area contributed by atoms with E-state index in [1.165, 1.54) is 9.80 Å². The molecule has 3 unspecified atom stereocenters. The van der Waals surface area contributed by atoms with Crippen LogP contribution in [0.5, 0.6) is 0 Å².